The maximum absolute atomic E-state index is 10.9. The Balaban J connectivity index is 2.58. The number of alkyl halides is 1. The third kappa shape index (κ3) is 2.48. The Labute approximate surface area is 80.7 Å². The maximum atomic E-state index is 10.9. The maximum Gasteiger partial charge on any atom is 0.161 e. The van der Waals surface area contributed by atoms with Crippen LogP contribution in [0.5, 0.6) is 0 Å². The van der Waals surface area contributed by atoms with E-state index in [1.54, 1.807) is 6.92 Å². The quantitative estimate of drug-likeness (QED) is 0.575. The highest BCUT2D eigenvalue weighted by molar-refractivity contribution is 9.09. The summed E-state index contributed by atoms with van der Waals surface area (Å²) in [6.45, 7) is 2.56. The molecule has 3 heteroatoms. The predicted octanol–water partition coefficient (Wildman–Crippen LogP) is 2.48. The number of carbonyl (C=O) groups excluding carboxylic acids is 1. The number of aromatic nitrogens is 1. The van der Waals surface area contributed by atoms with Gasteiger partial charge in [-0.25, -0.2) is 0 Å². The van der Waals surface area contributed by atoms with Gasteiger partial charge in [-0.2, -0.15) is 0 Å². The third-order valence-corrected chi connectivity index (χ3v) is 2.27. The summed E-state index contributed by atoms with van der Waals surface area (Å²) in [5.41, 5.74) is 0.796. The van der Waals surface area contributed by atoms with E-state index in [0.29, 0.717) is 0 Å². The molecule has 0 atom stereocenters. The lowest BCUT2D eigenvalue weighted by Crippen LogP contribution is -1.95. The van der Waals surface area contributed by atoms with Gasteiger partial charge in [0.2, 0.25) is 0 Å². The number of hydrogen-bond donors (Lipinski definition) is 0. The second-order valence-electron chi connectivity index (χ2n) is 2.74. The van der Waals surface area contributed by atoms with Crippen molar-refractivity contribution in [3.05, 3.63) is 24.0 Å². The molecule has 2 nitrogen and oxygen atoms in total. The van der Waals surface area contributed by atoms with Gasteiger partial charge in [0.25, 0.3) is 0 Å². The Morgan fingerprint density at radius 2 is 2.42 bits per heavy atom. The fourth-order valence-corrected chi connectivity index (χ4v) is 1.28. The summed E-state index contributed by atoms with van der Waals surface area (Å²) in [4.78, 5) is 10.9. The van der Waals surface area contributed by atoms with E-state index in [4.69, 9.17) is 0 Å². The molecule has 0 aromatic carbocycles. The second kappa shape index (κ2) is 4.45. The smallest absolute Gasteiger partial charge is 0.161 e. The summed E-state index contributed by atoms with van der Waals surface area (Å²) in [5, 5.41) is 1.00. The first-order valence-electron chi connectivity index (χ1n) is 3.96. The first-order valence-corrected chi connectivity index (χ1v) is 5.09. The van der Waals surface area contributed by atoms with E-state index in [1.807, 2.05) is 23.0 Å². The molecule has 0 saturated carbocycles. The van der Waals surface area contributed by atoms with Gasteiger partial charge in [-0.15, -0.1) is 0 Å². The zero-order valence-corrected chi connectivity index (χ0v) is 8.67. The minimum Gasteiger partial charge on any atom is -0.353 e. The van der Waals surface area contributed by atoms with E-state index in [2.05, 4.69) is 15.9 Å². The lowest BCUT2D eigenvalue weighted by molar-refractivity contribution is 0.101. The molecule has 0 amide bonds. The highest BCUT2D eigenvalue weighted by atomic mass is 79.9. The molecular formula is C9H12BrNO. The fraction of sp³-hybridized carbons (Fsp3) is 0.444. The molecule has 0 N–H and O–H groups in total. The van der Waals surface area contributed by atoms with Crippen molar-refractivity contribution in [1.82, 2.24) is 4.57 Å². The number of aryl methyl sites for hydroxylation is 1. The van der Waals surface area contributed by atoms with Gasteiger partial charge in [0.1, 0.15) is 0 Å². The van der Waals surface area contributed by atoms with Crippen molar-refractivity contribution in [3.8, 4) is 0 Å². The van der Waals surface area contributed by atoms with Crippen molar-refractivity contribution in [1.29, 1.82) is 0 Å². The molecule has 1 heterocycles. The monoisotopic (exact) mass is 229 g/mol. The van der Waals surface area contributed by atoms with E-state index in [9.17, 15) is 4.79 Å². The summed E-state index contributed by atoms with van der Waals surface area (Å²) in [6, 6.07) is 1.86. The molecule has 1 aromatic rings. The molecule has 0 aliphatic heterocycles. The normalized spacial score (nSPS) is 10.2. The van der Waals surface area contributed by atoms with Gasteiger partial charge in [-0.05, 0) is 19.4 Å². The highest BCUT2D eigenvalue weighted by Crippen LogP contribution is 2.03. The van der Waals surface area contributed by atoms with Crippen molar-refractivity contribution >= 4 is 21.7 Å². The molecule has 12 heavy (non-hydrogen) atoms. The Morgan fingerprint density at radius 1 is 1.67 bits per heavy atom. The van der Waals surface area contributed by atoms with Crippen LogP contribution in [0.4, 0.5) is 0 Å². The van der Waals surface area contributed by atoms with Crippen LogP contribution in [-0.2, 0) is 6.54 Å². The number of rotatable bonds is 4. The van der Waals surface area contributed by atoms with Crippen LogP contribution in [0.1, 0.15) is 23.7 Å². The lowest BCUT2D eigenvalue weighted by Gasteiger charge is -1.98. The van der Waals surface area contributed by atoms with Gasteiger partial charge in [0, 0.05) is 29.8 Å². The summed E-state index contributed by atoms with van der Waals surface area (Å²) < 4.78 is 2.04. The van der Waals surface area contributed by atoms with Crippen LogP contribution in [0.15, 0.2) is 18.5 Å². The number of Topliss-reactive ketones (excluding diaryl/α,β-unsaturated/α-hetero) is 1. The predicted molar refractivity (Wildman–Crippen MR) is 52.8 cm³/mol. The molecule has 0 spiro atoms. The summed E-state index contributed by atoms with van der Waals surface area (Å²) >= 11 is 3.36. The zero-order valence-electron chi connectivity index (χ0n) is 7.09. The molecule has 0 aliphatic carbocycles. The zero-order chi connectivity index (χ0) is 8.97. The van der Waals surface area contributed by atoms with Crippen LogP contribution >= 0.6 is 15.9 Å². The van der Waals surface area contributed by atoms with Crippen LogP contribution in [0.2, 0.25) is 0 Å². The average Bonchev–Trinajstić information content (AvgIpc) is 2.48. The molecule has 0 unspecified atom stereocenters. The van der Waals surface area contributed by atoms with Gasteiger partial charge >= 0.3 is 0 Å². The van der Waals surface area contributed by atoms with Crippen LogP contribution < -0.4 is 0 Å². The van der Waals surface area contributed by atoms with E-state index in [0.717, 1.165) is 23.9 Å². The fourth-order valence-electron chi connectivity index (χ4n) is 1.03. The van der Waals surface area contributed by atoms with E-state index < -0.39 is 0 Å². The van der Waals surface area contributed by atoms with Crippen molar-refractivity contribution in [2.75, 3.05) is 5.33 Å². The molecule has 0 bridgehead atoms. The van der Waals surface area contributed by atoms with Crippen LogP contribution in [0.3, 0.4) is 0 Å². The molecule has 0 aliphatic rings. The minimum absolute atomic E-state index is 0.132. The van der Waals surface area contributed by atoms with Gasteiger partial charge in [0.05, 0.1) is 0 Å². The van der Waals surface area contributed by atoms with Crippen LogP contribution in [0.25, 0.3) is 0 Å². The number of ketones is 1. The topological polar surface area (TPSA) is 22.0 Å². The van der Waals surface area contributed by atoms with Gasteiger partial charge in [0.15, 0.2) is 5.78 Å². The van der Waals surface area contributed by atoms with Gasteiger partial charge in [-0.1, -0.05) is 15.9 Å². The van der Waals surface area contributed by atoms with Crippen molar-refractivity contribution in [3.63, 3.8) is 0 Å². The molecular weight excluding hydrogens is 218 g/mol. The number of hydrogen-bond acceptors (Lipinski definition) is 1. The number of nitrogens with zero attached hydrogens (tertiary/aromatic N) is 1. The Bertz CT molecular complexity index is 267. The lowest BCUT2D eigenvalue weighted by atomic mass is 10.2. The molecule has 0 fully saturated rings. The third-order valence-electron chi connectivity index (χ3n) is 1.71. The number of carbonyl (C=O) groups is 1. The Morgan fingerprint density at radius 3 is 2.92 bits per heavy atom. The van der Waals surface area contributed by atoms with Crippen LogP contribution in [0, 0.1) is 0 Å². The number of halogens is 1. The molecule has 0 saturated heterocycles. The van der Waals surface area contributed by atoms with Crippen molar-refractivity contribution in [2.45, 2.75) is 19.9 Å². The Hall–Kier alpha value is -0.570. The SMILES string of the molecule is CC(=O)c1ccn(CCCBr)c1. The first-order chi connectivity index (χ1) is 5.74. The minimum atomic E-state index is 0.132. The summed E-state index contributed by atoms with van der Waals surface area (Å²) in [7, 11) is 0. The standard InChI is InChI=1S/C9H12BrNO/c1-8(12)9-3-6-11(7-9)5-2-4-10/h3,6-7H,2,4-5H2,1H3. The molecule has 1 rings (SSSR count). The van der Waals surface area contributed by atoms with Crippen LogP contribution in [-0.4, -0.2) is 15.7 Å². The van der Waals surface area contributed by atoms with Gasteiger partial charge in [-0.3, -0.25) is 4.79 Å². The van der Waals surface area contributed by atoms with E-state index >= 15 is 0 Å². The average molecular weight is 230 g/mol. The van der Waals surface area contributed by atoms with Crippen molar-refractivity contribution in [2.24, 2.45) is 0 Å². The largest absolute Gasteiger partial charge is 0.353 e. The van der Waals surface area contributed by atoms with Crippen molar-refractivity contribution < 1.29 is 4.79 Å². The first kappa shape index (κ1) is 9.52. The second-order valence-corrected chi connectivity index (χ2v) is 3.53. The highest BCUT2D eigenvalue weighted by Gasteiger charge is 2.00. The van der Waals surface area contributed by atoms with Gasteiger partial charge < -0.3 is 4.57 Å². The summed E-state index contributed by atoms with van der Waals surface area (Å²) in [6.07, 6.45) is 4.93. The van der Waals surface area contributed by atoms with E-state index in [-0.39, 0.29) is 5.78 Å². The molecule has 66 valence electrons. The molecule has 1 aromatic heterocycles. The van der Waals surface area contributed by atoms with E-state index in [1.165, 1.54) is 0 Å². The molecule has 0 radical (unpaired) electrons. The summed E-state index contributed by atoms with van der Waals surface area (Å²) in [5.74, 6) is 0.132. The Kier molecular flexibility index (Phi) is 3.53.